The van der Waals surface area contributed by atoms with E-state index in [0.29, 0.717) is 18.5 Å². The molecule has 3 saturated heterocycles. The van der Waals surface area contributed by atoms with Crippen molar-refractivity contribution in [2.24, 2.45) is 11.8 Å². The summed E-state index contributed by atoms with van der Waals surface area (Å²) in [5.41, 5.74) is 2.49. The van der Waals surface area contributed by atoms with Gasteiger partial charge in [0.2, 0.25) is 0 Å². The summed E-state index contributed by atoms with van der Waals surface area (Å²) >= 11 is 0. The molecule has 7 rings (SSSR count). The molecular formula is C32H46N4O. The first-order valence-corrected chi connectivity index (χ1v) is 15.5. The second-order valence-corrected chi connectivity index (χ2v) is 13.3. The van der Waals surface area contributed by atoms with E-state index < -0.39 is 0 Å². The fraction of sp³-hybridized carbons (Fsp3) is 0.719. The van der Waals surface area contributed by atoms with Crippen molar-refractivity contribution >= 4 is 11.0 Å². The molecule has 7 atom stereocenters. The lowest BCUT2D eigenvalue weighted by Crippen LogP contribution is -2.58. The molecule has 1 N–H and O–H groups in total. The maximum atomic E-state index is 9.77. The number of benzene rings is 1. The van der Waals surface area contributed by atoms with Crippen LogP contribution in [-0.2, 0) is 0 Å². The van der Waals surface area contributed by atoms with Gasteiger partial charge in [-0.2, -0.15) is 0 Å². The minimum atomic E-state index is 0.275. The number of fused-ring (bicyclic) bond motifs is 5. The Kier molecular flexibility index (Phi) is 6.57. The van der Waals surface area contributed by atoms with Crippen molar-refractivity contribution in [1.29, 1.82) is 0 Å². The normalized spacial score (nSPS) is 37.0. The average Bonchev–Trinajstić information content (AvgIpc) is 3.45. The van der Waals surface area contributed by atoms with E-state index in [1.165, 1.54) is 88.4 Å². The van der Waals surface area contributed by atoms with E-state index in [9.17, 15) is 5.11 Å². The third kappa shape index (κ3) is 4.65. The van der Waals surface area contributed by atoms with Gasteiger partial charge >= 0.3 is 0 Å². The van der Waals surface area contributed by atoms with E-state index in [2.05, 4.69) is 45.2 Å². The average molecular weight is 503 g/mol. The molecule has 3 aliphatic heterocycles. The number of aromatic nitrogens is 2. The number of para-hydroxylation sites is 2. The predicted octanol–water partition coefficient (Wildman–Crippen LogP) is 6.81. The lowest BCUT2D eigenvalue weighted by atomic mass is 9.73. The maximum Gasteiger partial charge on any atom is 0.114 e. The van der Waals surface area contributed by atoms with Crippen LogP contribution >= 0.6 is 0 Å². The number of imidazole rings is 1. The van der Waals surface area contributed by atoms with Gasteiger partial charge in [0.25, 0.3) is 0 Å². The van der Waals surface area contributed by atoms with Crippen LogP contribution in [0.1, 0.15) is 101 Å². The monoisotopic (exact) mass is 502 g/mol. The van der Waals surface area contributed by atoms with Gasteiger partial charge in [0, 0.05) is 36.6 Å². The standard InChI is InChI=1S/C32H46N4O/c1-22(37)20-34-14-13-25(21-34)32-33-30-11-4-5-12-31(30)36(32)29-18-26-9-6-10-27(19-29)35(26)28-16-23-7-2-3-8-24(15-23)17-28/h4-5,11-12,23-29,37H,1-3,6-10,13-21H2/t23-,24+,25-,26-,27+,28?,29?/m0/s1. The first-order valence-electron chi connectivity index (χ1n) is 15.5. The zero-order chi connectivity index (χ0) is 24.9. The summed E-state index contributed by atoms with van der Waals surface area (Å²) < 4.78 is 2.70. The molecule has 1 aromatic heterocycles. The first-order chi connectivity index (χ1) is 18.1. The Hall–Kier alpha value is -1.85. The van der Waals surface area contributed by atoms with E-state index in [1.54, 1.807) is 0 Å². The van der Waals surface area contributed by atoms with Crippen molar-refractivity contribution in [2.75, 3.05) is 19.6 Å². The third-order valence-electron chi connectivity index (χ3n) is 10.8. The SMILES string of the molecule is C=C(O)CN1CC[C@H](c2nc3ccccc3n2C2C[C@H]3CCC[C@@H](C2)N3C2C[C@H]3CCCC[C@@H](C2)C3)C1. The van der Waals surface area contributed by atoms with Crippen LogP contribution in [0.25, 0.3) is 11.0 Å². The van der Waals surface area contributed by atoms with Crippen LogP contribution in [0.4, 0.5) is 0 Å². The van der Waals surface area contributed by atoms with Crippen molar-refractivity contribution < 1.29 is 5.11 Å². The molecular weight excluding hydrogens is 456 g/mol. The van der Waals surface area contributed by atoms with E-state index >= 15 is 0 Å². The molecule has 2 aliphatic carbocycles. The van der Waals surface area contributed by atoms with Gasteiger partial charge < -0.3 is 9.67 Å². The minimum Gasteiger partial charge on any atom is -0.512 e. The van der Waals surface area contributed by atoms with Gasteiger partial charge in [-0.3, -0.25) is 9.80 Å². The molecule has 0 radical (unpaired) electrons. The van der Waals surface area contributed by atoms with Crippen molar-refractivity contribution in [1.82, 2.24) is 19.4 Å². The minimum absolute atomic E-state index is 0.275. The highest BCUT2D eigenvalue weighted by molar-refractivity contribution is 5.76. The van der Waals surface area contributed by atoms with Gasteiger partial charge in [0.1, 0.15) is 5.82 Å². The Balaban J connectivity index is 1.17. The molecule has 5 fully saturated rings. The largest absolute Gasteiger partial charge is 0.512 e. The van der Waals surface area contributed by atoms with Gasteiger partial charge in [0.05, 0.1) is 23.3 Å². The third-order valence-corrected chi connectivity index (χ3v) is 10.8. The van der Waals surface area contributed by atoms with Gasteiger partial charge in [-0.1, -0.05) is 50.8 Å². The Labute approximate surface area is 222 Å². The van der Waals surface area contributed by atoms with E-state index in [-0.39, 0.29) is 5.76 Å². The molecule has 2 unspecified atom stereocenters. The highest BCUT2D eigenvalue weighted by Crippen LogP contribution is 2.48. The Bertz CT molecular complexity index is 1100. The molecule has 4 bridgehead atoms. The number of nitrogens with zero attached hydrogens (tertiary/aromatic N) is 4. The Morgan fingerprint density at radius 1 is 0.838 bits per heavy atom. The molecule has 1 aromatic carbocycles. The van der Waals surface area contributed by atoms with E-state index in [4.69, 9.17) is 4.98 Å². The smallest absolute Gasteiger partial charge is 0.114 e. The fourth-order valence-electron chi connectivity index (χ4n) is 9.49. The summed E-state index contributed by atoms with van der Waals surface area (Å²) in [6.45, 7) is 6.30. The topological polar surface area (TPSA) is 44.5 Å². The summed E-state index contributed by atoms with van der Waals surface area (Å²) in [5, 5.41) is 9.77. The highest BCUT2D eigenvalue weighted by Gasteiger charge is 2.45. The van der Waals surface area contributed by atoms with Crippen LogP contribution in [0, 0.1) is 11.8 Å². The lowest BCUT2D eigenvalue weighted by Gasteiger charge is -2.54. The van der Waals surface area contributed by atoms with Crippen LogP contribution in [0.2, 0.25) is 0 Å². The predicted molar refractivity (Wildman–Crippen MR) is 150 cm³/mol. The van der Waals surface area contributed by atoms with Gasteiger partial charge in [-0.25, -0.2) is 4.98 Å². The van der Waals surface area contributed by atoms with Crippen LogP contribution in [0.3, 0.4) is 0 Å². The quantitative estimate of drug-likeness (QED) is 0.456. The molecule has 0 amide bonds. The highest BCUT2D eigenvalue weighted by atomic mass is 16.3. The molecule has 2 aromatic rings. The number of aliphatic hydroxyl groups excluding tert-OH is 1. The second kappa shape index (κ2) is 10.0. The number of piperidine rings is 2. The maximum absolute atomic E-state index is 9.77. The molecule has 5 nitrogen and oxygen atoms in total. The van der Waals surface area contributed by atoms with Gasteiger partial charge in [-0.15, -0.1) is 0 Å². The number of likely N-dealkylation sites (tertiary alicyclic amines) is 1. The van der Waals surface area contributed by atoms with Crippen LogP contribution in [-0.4, -0.2) is 62.2 Å². The molecule has 5 heteroatoms. The van der Waals surface area contributed by atoms with Gasteiger partial charge in [0.15, 0.2) is 0 Å². The van der Waals surface area contributed by atoms with Crippen LogP contribution < -0.4 is 0 Å². The summed E-state index contributed by atoms with van der Waals surface area (Å²) in [7, 11) is 0. The van der Waals surface area contributed by atoms with Crippen molar-refractivity contribution in [3.63, 3.8) is 0 Å². The molecule has 200 valence electrons. The van der Waals surface area contributed by atoms with Crippen LogP contribution in [0.15, 0.2) is 36.6 Å². The van der Waals surface area contributed by atoms with Crippen molar-refractivity contribution in [3.8, 4) is 0 Å². The number of hydrogen-bond donors (Lipinski definition) is 1. The summed E-state index contributed by atoms with van der Waals surface area (Å²) in [6.07, 6.45) is 18.3. The fourth-order valence-corrected chi connectivity index (χ4v) is 9.49. The Morgan fingerprint density at radius 3 is 2.30 bits per heavy atom. The number of aliphatic hydroxyl groups is 1. The lowest BCUT2D eigenvalue weighted by molar-refractivity contribution is -0.0421. The summed E-state index contributed by atoms with van der Waals surface area (Å²) in [4.78, 5) is 10.7. The number of rotatable bonds is 5. The summed E-state index contributed by atoms with van der Waals surface area (Å²) in [6, 6.07) is 11.7. The zero-order valence-corrected chi connectivity index (χ0v) is 22.6. The molecule has 2 saturated carbocycles. The Morgan fingerprint density at radius 2 is 1.57 bits per heavy atom. The second-order valence-electron chi connectivity index (χ2n) is 13.3. The first kappa shape index (κ1) is 24.2. The molecule has 0 spiro atoms. The summed E-state index contributed by atoms with van der Waals surface area (Å²) in [5.74, 6) is 4.00. The molecule has 37 heavy (non-hydrogen) atoms. The number of hydrogen-bond acceptors (Lipinski definition) is 4. The van der Waals surface area contributed by atoms with E-state index in [0.717, 1.165) is 55.0 Å². The zero-order valence-electron chi connectivity index (χ0n) is 22.6. The van der Waals surface area contributed by atoms with Crippen molar-refractivity contribution in [3.05, 3.63) is 42.4 Å². The molecule has 4 heterocycles. The van der Waals surface area contributed by atoms with Crippen LogP contribution in [0.5, 0.6) is 0 Å². The van der Waals surface area contributed by atoms with Crippen molar-refractivity contribution in [2.45, 2.75) is 114 Å². The van der Waals surface area contributed by atoms with E-state index in [1.807, 2.05) is 0 Å². The molecule has 5 aliphatic rings. The van der Waals surface area contributed by atoms with Gasteiger partial charge in [-0.05, 0) is 81.9 Å².